The van der Waals surface area contributed by atoms with Crippen molar-refractivity contribution in [3.8, 4) is 0 Å². The first-order valence-corrected chi connectivity index (χ1v) is 5.88. The van der Waals surface area contributed by atoms with Gasteiger partial charge in [-0.2, -0.15) is 0 Å². The van der Waals surface area contributed by atoms with Gasteiger partial charge in [0.15, 0.2) is 0 Å². The van der Waals surface area contributed by atoms with E-state index in [1.165, 1.54) is 0 Å². The Hall–Kier alpha value is -1.81. The summed E-state index contributed by atoms with van der Waals surface area (Å²) in [4.78, 5) is 0. The summed E-state index contributed by atoms with van der Waals surface area (Å²) in [5.41, 5.74) is 0.246. The molecule has 0 radical (unpaired) electrons. The van der Waals surface area contributed by atoms with Gasteiger partial charge in [-0.15, -0.1) is 0 Å². The van der Waals surface area contributed by atoms with Crippen molar-refractivity contribution in [1.82, 2.24) is 0 Å². The molecule has 1 nitrogen and oxygen atoms in total. The predicted octanol–water partition coefficient (Wildman–Crippen LogP) is 3.94. The second kappa shape index (κ2) is 5.45. The molecule has 2 rings (SSSR count). The van der Waals surface area contributed by atoms with Gasteiger partial charge in [-0.1, -0.05) is 37.3 Å². The molecule has 0 aliphatic heterocycles. The molecule has 0 amide bonds. The molecule has 1 N–H and O–H groups in total. The van der Waals surface area contributed by atoms with Crippen LogP contribution in [0.25, 0.3) is 0 Å². The molecule has 100 valence electrons. The van der Waals surface area contributed by atoms with Gasteiger partial charge in [-0.25, -0.2) is 13.2 Å². The van der Waals surface area contributed by atoms with Gasteiger partial charge in [0.05, 0.1) is 11.7 Å². The molecule has 0 saturated carbocycles. The number of halogens is 3. The SMILES string of the molecule is CC(c1ccccc1)C(O)c1c(F)cc(F)cc1F. The van der Waals surface area contributed by atoms with Crippen LogP contribution in [0.1, 0.15) is 30.1 Å². The molecule has 2 unspecified atom stereocenters. The van der Waals surface area contributed by atoms with Crippen molar-refractivity contribution in [3.05, 3.63) is 71.0 Å². The van der Waals surface area contributed by atoms with E-state index in [-0.39, 0.29) is 0 Å². The Kier molecular flexibility index (Phi) is 3.90. The van der Waals surface area contributed by atoms with Crippen molar-refractivity contribution >= 4 is 0 Å². The van der Waals surface area contributed by atoms with Gasteiger partial charge in [-0.3, -0.25) is 0 Å². The highest BCUT2D eigenvalue weighted by Gasteiger charge is 2.25. The lowest BCUT2D eigenvalue weighted by molar-refractivity contribution is 0.142. The highest BCUT2D eigenvalue weighted by Crippen LogP contribution is 2.33. The third kappa shape index (κ3) is 2.79. The number of aliphatic hydroxyl groups excluding tert-OH is 1. The molecule has 19 heavy (non-hydrogen) atoms. The maximum absolute atomic E-state index is 13.6. The summed E-state index contributed by atoms with van der Waals surface area (Å²) >= 11 is 0. The van der Waals surface area contributed by atoms with Gasteiger partial charge in [0.2, 0.25) is 0 Å². The van der Waals surface area contributed by atoms with Crippen molar-refractivity contribution < 1.29 is 18.3 Å². The molecule has 0 saturated heterocycles. The lowest BCUT2D eigenvalue weighted by atomic mass is 9.90. The van der Waals surface area contributed by atoms with Crippen molar-refractivity contribution in [3.63, 3.8) is 0 Å². The maximum Gasteiger partial charge on any atom is 0.134 e. The summed E-state index contributed by atoms with van der Waals surface area (Å²) in [6.07, 6.45) is -1.37. The summed E-state index contributed by atoms with van der Waals surface area (Å²) in [5.74, 6) is -3.66. The summed E-state index contributed by atoms with van der Waals surface area (Å²) in [6.45, 7) is 1.65. The second-order valence-electron chi connectivity index (χ2n) is 4.43. The van der Waals surface area contributed by atoms with E-state index in [1.807, 2.05) is 6.07 Å². The minimum absolute atomic E-state index is 0.502. The molecule has 4 heteroatoms. The van der Waals surface area contributed by atoms with E-state index >= 15 is 0 Å². The van der Waals surface area contributed by atoms with Gasteiger partial charge in [0.25, 0.3) is 0 Å². The molecule has 0 heterocycles. The Morgan fingerprint density at radius 1 is 0.947 bits per heavy atom. The largest absolute Gasteiger partial charge is 0.388 e. The third-order valence-corrected chi connectivity index (χ3v) is 3.14. The topological polar surface area (TPSA) is 20.2 Å². The summed E-state index contributed by atoms with van der Waals surface area (Å²) in [6, 6.07) is 10.0. The third-order valence-electron chi connectivity index (χ3n) is 3.14. The fourth-order valence-corrected chi connectivity index (χ4v) is 2.02. The van der Waals surface area contributed by atoms with Crippen LogP contribution in [0.3, 0.4) is 0 Å². The van der Waals surface area contributed by atoms with E-state index in [4.69, 9.17) is 0 Å². The first-order chi connectivity index (χ1) is 9.00. The van der Waals surface area contributed by atoms with Crippen LogP contribution in [0.5, 0.6) is 0 Å². The smallest absolute Gasteiger partial charge is 0.134 e. The Morgan fingerprint density at radius 3 is 2.00 bits per heavy atom. The van der Waals surface area contributed by atoms with Crippen LogP contribution in [-0.4, -0.2) is 5.11 Å². The number of rotatable bonds is 3. The molecule has 2 aromatic carbocycles. The zero-order chi connectivity index (χ0) is 14.0. The zero-order valence-corrected chi connectivity index (χ0v) is 10.3. The molecule has 2 aromatic rings. The fourth-order valence-electron chi connectivity index (χ4n) is 2.02. The normalized spacial score (nSPS) is 14.2. The maximum atomic E-state index is 13.6. The van der Waals surface area contributed by atoms with E-state index in [9.17, 15) is 18.3 Å². The first-order valence-electron chi connectivity index (χ1n) is 5.88. The van der Waals surface area contributed by atoms with Gasteiger partial charge < -0.3 is 5.11 Å². The molecule has 0 aliphatic rings. The predicted molar refractivity (Wildman–Crippen MR) is 66.1 cm³/mol. The molecule has 0 aromatic heterocycles. The van der Waals surface area contributed by atoms with Crippen LogP contribution >= 0.6 is 0 Å². The van der Waals surface area contributed by atoms with E-state index in [0.29, 0.717) is 12.1 Å². The minimum Gasteiger partial charge on any atom is -0.388 e. The van der Waals surface area contributed by atoms with Crippen LogP contribution in [0, 0.1) is 17.5 Å². The van der Waals surface area contributed by atoms with Crippen molar-refractivity contribution in [2.24, 2.45) is 0 Å². The average Bonchev–Trinajstić information content (AvgIpc) is 2.37. The molecule has 0 aliphatic carbocycles. The molecular formula is C15H13F3O. The van der Waals surface area contributed by atoms with Crippen LogP contribution in [0.4, 0.5) is 13.2 Å². The second-order valence-corrected chi connectivity index (χ2v) is 4.43. The molecule has 2 atom stereocenters. The average molecular weight is 266 g/mol. The van der Waals surface area contributed by atoms with E-state index < -0.39 is 35.0 Å². The number of hydrogen-bond acceptors (Lipinski definition) is 1. The summed E-state index contributed by atoms with van der Waals surface area (Å²) in [5, 5.41) is 10.1. The van der Waals surface area contributed by atoms with E-state index in [0.717, 1.165) is 5.56 Å². The van der Waals surface area contributed by atoms with Crippen molar-refractivity contribution in [1.29, 1.82) is 0 Å². The molecular weight excluding hydrogens is 253 g/mol. The Morgan fingerprint density at radius 2 is 1.47 bits per heavy atom. The van der Waals surface area contributed by atoms with Crippen LogP contribution in [0.2, 0.25) is 0 Å². The molecule has 0 fully saturated rings. The summed E-state index contributed by atoms with van der Waals surface area (Å²) < 4.78 is 40.0. The Bertz CT molecular complexity index is 546. The summed E-state index contributed by atoms with van der Waals surface area (Å²) in [7, 11) is 0. The number of aliphatic hydroxyl groups is 1. The van der Waals surface area contributed by atoms with Gasteiger partial charge in [-0.05, 0) is 5.56 Å². The Labute approximate surface area is 109 Å². The van der Waals surface area contributed by atoms with Crippen LogP contribution in [0.15, 0.2) is 42.5 Å². The first kappa shape index (κ1) is 13.6. The number of hydrogen-bond donors (Lipinski definition) is 1. The lowest BCUT2D eigenvalue weighted by Crippen LogP contribution is -2.12. The van der Waals surface area contributed by atoms with Gasteiger partial charge in [0, 0.05) is 18.1 Å². The van der Waals surface area contributed by atoms with E-state index in [1.54, 1.807) is 31.2 Å². The monoisotopic (exact) mass is 266 g/mol. The highest BCUT2D eigenvalue weighted by molar-refractivity contribution is 5.28. The van der Waals surface area contributed by atoms with Gasteiger partial charge in [0.1, 0.15) is 17.5 Å². The minimum atomic E-state index is -1.37. The van der Waals surface area contributed by atoms with Gasteiger partial charge >= 0.3 is 0 Å². The standard InChI is InChI=1S/C15H13F3O/c1-9(10-5-3-2-4-6-10)15(19)14-12(17)7-11(16)8-13(14)18/h2-9,15,19H,1H3. The molecule has 0 bridgehead atoms. The van der Waals surface area contributed by atoms with Crippen molar-refractivity contribution in [2.45, 2.75) is 18.9 Å². The quantitative estimate of drug-likeness (QED) is 0.892. The fraction of sp³-hybridized carbons (Fsp3) is 0.200. The van der Waals surface area contributed by atoms with E-state index in [2.05, 4.69) is 0 Å². The van der Waals surface area contributed by atoms with Crippen molar-refractivity contribution in [2.75, 3.05) is 0 Å². The number of benzene rings is 2. The van der Waals surface area contributed by atoms with Crippen LogP contribution in [-0.2, 0) is 0 Å². The lowest BCUT2D eigenvalue weighted by Gasteiger charge is -2.20. The highest BCUT2D eigenvalue weighted by atomic mass is 19.1. The molecule has 0 spiro atoms. The Balaban J connectivity index is 2.37. The van der Waals surface area contributed by atoms with Crippen LogP contribution < -0.4 is 0 Å². The zero-order valence-electron chi connectivity index (χ0n) is 10.3.